The molecular weight excluding hydrogens is 411 g/mol. The third kappa shape index (κ3) is 4.61. The van der Waals surface area contributed by atoms with Crippen LogP contribution in [0.1, 0.15) is 30.2 Å². The van der Waals surface area contributed by atoms with Crippen LogP contribution in [0, 0.1) is 12.7 Å². The molecule has 168 valence electrons. The van der Waals surface area contributed by atoms with Gasteiger partial charge in [-0.05, 0) is 68.5 Å². The highest BCUT2D eigenvalue weighted by Crippen LogP contribution is 2.33. The third-order valence-corrected chi connectivity index (χ3v) is 5.84. The Bertz CT molecular complexity index is 1150. The number of amides is 1. The Morgan fingerprint density at radius 1 is 1.22 bits per heavy atom. The summed E-state index contributed by atoms with van der Waals surface area (Å²) < 4.78 is 26.7. The van der Waals surface area contributed by atoms with Gasteiger partial charge in [-0.15, -0.1) is 0 Å². The van der Waals surface area contributed by atoms with Gasteiger partial charge in [0.1, 0.15) is 18.1 Å². The van der Waals surface area contributed by atoms with Gasteiger partial charge < -0.3 is 19.4 Å². The van der Waals surface area contributed by atoms with Crippen LogP contribution in [0.25, 0.3) is 10.9 Å². The minimum Gasteiger partial charge on any atom is -0.484 e. The lowest BCUT2D eigenvalue weighted by Gasteiger charge is -2.25. The van der Waals surface area contributed by atoms with E-state index in [0.29, 0.717) is 25.2 Å². The van der Waals surface area contributed by atoms with Crippen LogP contribution in [0.4, 0.5) is 4.39 Å². The number of aromatic nitrogens is 1. The van der Waals surface area contributed by atoms with E-state index >= 15 is 0 Å². The lowest BCUT2D eigenvalue weighted by Crippen LogP contribution is -2.41. The molecule has 1 N–H and O–H groups in total. The second-order valence-corrected chi connectivity index (χ2v) is 8.04. The minimum atomic E-state index is -0.327. The standard InChI is InChI=1S/C25H27FN2O4/c1-3-31-25(30)14-28-21-10-8-17(26)12-19(21)20-13-18(9-11-22(20)28)27-24(29)15-32-23-7-5-4-6-16(23)2/h4-8,10,12,18H,3,9,11,13-15H2,1-2H3,(H,27,29). The van der Waals surface area contributed by atoms with Gasteiger partial charge in [0.05, 0.1) is 6.61 Å². The van der Waals surface area contributed by atoms with Crippen LogP contribution in [0.5, 0.6) is 5.75 Å². The molecular formula is C25H27FN2O4. The van der Waals surface area contributed by atoms with Crippen molar-refractivity contribution in [2.75, 3.05) is 13.2 Å². The molecule has 0 radical (unpaired) electrons. The second-order valence-electron chi connectivity index (χ2n) is 8.04. The fraction of sp³-hybridized carbons (Fsp3) is 0.360. The predicted molar refractivity (Wildman–Crippen MR) is 119 cm³/mol. The van der Waals surface area contributed by atoms with E-state index in [2.05, 4.69) is 5.32 Å². The second kappa shape index (κ2) is 9.42. The van der Waals surface area contributed by atoms with Crippen molar-refractivity contribution in [3.8, 4) is 5.75 Å². The van der Waals surface area contributed by atoms with E-state index in [1.54, 1.807) is 13.0 Å². The maximum atomic E-state index is 14.0. The van der Waals surface area contributed by atoms with Gasteiger partial charge in [-0.3, -0.25) is 9.59 Å². The summed E-state index contributed by atoms with van der Waals surface area (Å²) in [5, 5.41) is 3.82. The fourth-order valence-electron chi connectivity index (χ4n) is 4.39. The zero-order chi connectivity index (χ0) is 22.7. The number of para-hydroxylation sites is 1. The monoisotopic (exact) mass is 438 g/mol. The van der Waals surface area contributed by atoms with E-state index < -0.39 is 0 Å². The number of rotatable bonds is 7. The van der Waals surface area contributed by atoms with Crippen molar-refractivity contribution in [1.82, 2.24) is 9.88 Å². The molecule has 6 nitrogen and oxygen atoms in total. The van der Waals surface area contributed by atoms with E-state index in [0.717, 1.165) is 34.1 Å². The van der Waals surface area contributed by atoms with Gasteiger partial charge in [0.15, 0.2) is 6.61 Å². The Hall–Kier alpha value is -3.35. The van der Waals surface area contributed by atoms with E-state index in [1.807, 2.05) is 35.8 Å². The normalized spacial score (nSPS) is 15.3. The quantitative estimate of drug-likeness (QED) is 0.571. The van der Waals surface area contributed by atoms with Gasteiger partial charge in [-0.1, -0.05) is 18.2 Å². The summed E-state index contributed by atoms with van der Waals surface area (Å²) in [5.74, 6) is -0.152. The molecule has 1 heterocycles. The van der Waals surface area contributed by atoms with E-state index in [4.69, 9.17) is 9.47 Å². The number of benzene rings is 2. The molecule has 4 rings (SSSR count). The number of nitrogens with zero attached hydrogens (tertiary/aromatic N) is 1. The van der Waals surface area contributed by atoms with Crippen LogP contribution in [0.3, 0.4) is 0 Å². The summed E-state index contributed by atoms with van der Waals surface area (Å²) in [6.45, 7) is 4.04. The van der Waals surface area contributed by atoms with Gasteiger partial charge in [-0.25, -0.2) is 4.39 Å². The van der Waals surface area contributed by atoms with Crippen molar-refractivity contribution in [2.45, 2.75) is 45.7 Å². The Morgan fingerprint density at radius 2 is 2.03 bits per heavy atom. The molecule has 0 saturated heterocycles. The van der Waals surface area contributed by atoms with Gasteiger partial charge in [0.25, 0.3) is 5.91 Å². The van der Waals surface area contributed by atoms with E-state index in [9.17, 15) is 14.0 Å². The van der Waals surface area contributed by atoms with Crippen molar-refractivity contribution >= 4 is 22.8 Å². The number of nitrogens with one attached hydrogen (secondary N) is 1. The van der Waals surface area contributed by atoms with Gasteiger partial charge >= 0.3 is 5.97 Å². The lowest BCUT2D eigenvalue weighted by atomic mass is 9.91. The summed E-state index contributed by atoms with van der Waals surface area (Å²) in [4.78, 5) is 24.6. The van der Waals surface area contributed by atoms with Crippen LogP contribution >= 0.6 is 0 Å². The van der Waals surface area contributed by atoms with Crippen molar-refractivity contribution in [1.29, 1.82) is 0 Å². The maximum absolute atomic E-state index is 14.0. The van der Waals surface area contributed by atoms with Crippen molar-refractivity contribution < 1.29 is 23.5 Å². The number of hydrogen-bond acceptors (Lipinski definition) is 4. The summed E-state index contributed by atoms with van der Waals surface area (Å²) in [6, 6.07) is 12.1. The van der Waals surface area contributed by atoms with Crippen LogP contribution in [-0.4, -0.2) is 35.7 Å². The summed E-state index contributed by atoms with van der Waals surface area (Å²) in [7, 11) is 0. The van der Waals surface area contributed by atoms with E-state index in [1.165, 1.54) is 12.1 Å². The Balaban J connectivity index is 1.49. The molecule has 7 heteroatoms. The molecule has 1 aliphatic rings. The SMILES string of the molecule is CCOC(=O)Cn1c2c(c3cc(F)ccc31)CC(NC(=O)COc1ccccc1C)CC2. The highest BCUT2D eigenvalue weighted by atomic mass is 19.1. The van der Waals surface area contributed by atoms with Crippen LogP contribution in [0.15, 0.2) is 42.5 Å². The molecule has 0 saturated carbocycles. The lowest BCUT2D eigenvalue weighted by molar-refractivity contribution is -0.143. The minimum absolute atomic E-state index is 0.0620. The molecule has 3 aromatic rings. The van der Waals surface area contributed by atoms with Gasteiger partial charge in [0.2, 0.25) is 0 Å². The average Bonchev–Trinajstić information content (AvgIpc) is 3.05. The Kier molecular flexibility index (Phi) is 6.44. The van der Waals surface area contributed by atoms with Gasteiger partial charge in [-0.2, -0.15) is 0 Å². The third-order valence-electron chi connectivity index (χ3n) is 5.84. The first-order valence-corrected chi connectivity index (χ1v) is 10.9. The Labute approximate surface area is 186 Å². The molecule has 1 amide bonds. The van der Waals surface area contributed by atoms with E-state index in [-0.39, 0.29) is 36.9 Å². The van der Waals surface area contributed by atoms with Crippen molar-refractivity contribution in [3.05, 3.63) is 65.1 Å². The summed E-state index contributed by atoms with van der Waals surface area (Å²) >= 11 is 0. The topological polar surface area (TPSA) is 69.6 Å². The van der Waals surface area contributed by atoms with Crippen LogP contribution in [0.2, 0.25) is 0 Å². The largest absolute Gasteiger partial charge is 0.484 e. The number of carbonyl (C=O) groups excluding carboxylic acids is 2. The molecule has 0 aliphatic heterocycles. The number of ether oxygens (including phenoxy) is 2. The maximum Gasteiger partial charge on any atom is 0.325 e. The first-order valence-electron chi connectivity index (χ1n) is 10.9. The molecule has 1 atom stereocenters. The van der Waals surface area contributed by atoms with Crippen LogP contribution < -0.4 is 10.1 Å². The zero-order valence-corrected chi connectivity index (χ0v) is 18.3. The first kappa shape index (κ1) is 21.9. The molecule has 1 aliphatic carbocycles. The molecule has 2 aromatic carbocycles. The zero-order valence-electron chi connectivity index (χ0n) is 18.3. The molecule has 0 fully saturated rings. The molecule has 0 bridgehead atoms. The summed E-state index contributed by atoms with van der Waals surface area (Å²) in [5.41, 5.74) is 3.75. The fourth-order valence-corrected chi connectivity index (χ4v) is 4.39. The number of carbonyl (C=O) groups is 2. The molecule has 1 unspecified atom stereocenters. The van der Waals surface area contributed by atoms with Gasteiger partial charge in [0, 0.05) is 22.6 Å². The first-order chi connectivity index (χ1) is 15.5. The Morgan fingerprint density at radius 3 is 2.81 bits per heavy atom. The van der Waals surface area contributed by atoms with Crippen molar-refractivity contribution in [2.24, 2.45) is 0 Å². The smallest absolute Gasteiger partial charge is 0.325 e. The number of halogens is 1. The molecule has 1 aromatic heterocycles. The highest BCUT2D eigenvalue weighted by Gasteiger charge is 2.27. The van der Waals surface area contributed by atoms with Crippen LogP contribution in [-0.2, 0) is 33.7 Å². The number of fused-ring (bicyclic) bond motifs is 3. The highest BCUT2D eigenvalue weighted by molar-refractivity contribution is 5.87. The van der Waals surface area contributed by atoms with Crippen molar-refractivity contribution in [3.63, 3.8) is 0 Å². The molecule has 0 spiro atoms. The predicted octanol–water partition coefficient (Wildman–Crippen LogP) is 3.70. The number of hydrogen-bond donors (Lipinski definition) is 1. The number of esters is 1. The average molecular weight is 438 g/mol. The summed E-state index contributed by atoms with van der Waals surface area (Å²) in [6.07, 6.45) is 1.97. The molecule has 32 heavy (non-hydrogen) atoms. The number of aryl methyl sites for hydroxylation is 1.